The van der Waals surface area contributed by atoms with E-state index in [1.807, 2.05) is 13.0 Å². The fourth-order valence-electron chi connectivity index (χ4n) is 3.22. The summed E-state index contributed by atoms with van der Waals surface area (Å²) in [4.78, 5) is 32.8. The Morgan fingerprint density at radius 2 is 2.27 bits per heavy atom. The molecule has 0 saturated carbocycles. The maximum atomic E-state index is 12.1. The lowest BCUT2D eigenvalue weighted by molar-refractivity contribution is -0.128. The van der Waals surface area contributed by atoms with Crippen molar-refractivity contribution in [1.29, 1.82) is 0 Å². The molecule has 8 nitrogen and oxygen atoms in total. The van der Waals surface area contributed by atoms with Crippen molar-refractivity contribution >= 4 is 11.8 Å². The molecule has 4 N–H and O–H groups in total. The Kier molecular flexibility index (Phi) is 4.04. The minimum atomic E-state index is -0.416. The van der Waals surface area contributed by atoms with E-state index in [2.05, 4.69) is 31.5 Å². The zero-order chi connectivity index (χ0) is 15.7. The van der Waals surface area contributed by atoms with Gasteiger partial charge in [0.05, 0.1) is 6.17 Å². The number of carbonyl (C=O) groups is 2. The number of likely N-dealkylation sites (N-methyl/N-ethyl adjacent to an activating group) is 1. The maximum absolute atomic E-state index is 12.1. The van der Waals surface area contributed by atoms with Crippen LogP contribution in [0.5, 0.6) is 0 Å². The SMILES string of the molecule is CCc1nccc(C2CC(=O)NC3NNC(C(=O)NC)C32)n1. The number of amides is 2. The van der Waals surface area contributed by atoms with Crippen molar-refractivity contribution in [3.8, 4) is 0 Å². The van der Waals surface area contributed by atoms with Gasteiger partial charge in [-0.25, -0.2) is 20.8 Å². The van der Waals surface area contributed by atoms with Crippen LogP contribution in [0.1, 0.15) is 30.8 Å². The minimum absolute atomic E-state index is 0.0465. The molecule has 4 atom stereocenters. The highest BCUT2D eigenvalue weighted by atomic mass is 16.2. The molecule has 3 rings (SSSR count). The molecule has 0 bridgehead atoms. The van der Waals surface area contributed by atoms with Gasteiger partial charge in [-0.15, -0.1) is 0 Å². The highest BCUT2D eigenvalue weighted by molar-refractivity contribution is 5.84. The predicted molar refractivity (Wildman–Crippen MR) is 78.3 cm³/mol. The maximum Gasteiger partial charge on any atom is 0.238 e. The Morgan fingerprint density at radius 3 is 3.00 bits per heavy atom. The normalized spacial score (nSPS) is 30.5. The van der Waals surface area contributed by atoms with Crippen LogP contribution < -0.4 is 21.5 Å². The Bertz CT molecular complexity index is 592. The molecule has 0 aliphatic carbocycles. The molecule has 4 unspecified atom stereocenters. The van der Waals surface area contributed by atoms with Crippen molar-refractivity contribution in [2.24, 2.45) is 5.92 Å². The molecule has 0 aromatic carbocycles. The summed E-state index contributed by atoms with van der Waals surface area (Å²) in [6.07, 6.45) is 2.48. The van der Waals surface area contributed by atoms with E-state index in [-0.39, 0.29) is 29.8 Å². The molecule has 2 saturated heterocycles. The first kappa shape index (κ1) is 14.9. The first-order chi connectivity index (χ1) is 10.6. The van der Waals surface area contributed by atoms with Crippen LogP contribution in [-0.4, -0.2) is 41.0 Å². The molecule has 0 spiro atoms. The van der Waals surface area contributed by atoms with Crippen molar-refractivity contribution in [2.75, 3.05) is 7.05 Å². The zero-order valence-electron chi connectivity index (χ0n) is 12.6. The quantitative estimate of drug-likeness (QED) is 0.559. The number of hydrazine groups is 1. The molecule has 2 aliphatic heterocycles. The van der Waals surface area contributed by atoms with E-state index in [0.29, 0.717) is 6.42 Å². The zero-order valence-corrected chi connectivity index (χ0v) is 12.6. The van der Waals surface area contributed by atoms with Crippen LogP contribution in [0, 0.1) is 5.92 Å². The van der Waals surface area contributed by atoms with Gasteiger partial charge >= 0.3 is 0 Å². The number of piperidine rings is 1. The summed E-state index contributed by atoms with van der Waals surface area (Å²) >= 11 is 0. The number of rotatable bonds is 3. The van der Waals surface area contributed by atoms with Crippen molar-refractivity contribution in [3.63, 3.8) is 0 Å². The van der Waals surface area contributed by atoms with Gasteiger partial charge in [0, 0.05) is 43.6 Å². The number of nitrogens with one attached hydrogen (secondary N) is 4. The number of aromatic nitrogens is 2. The van der Waals surface area contributed by atoms with Crippen LogP contribution in [0.4, 0.5) is 0 Å². The van der Waals surface area contributed by atoms with Crippen LogP contribution >= 0.6 is 0 Å². The Balaban J connectivity index is 1.95. The van der Waals surface area contributed by atoms with Crippen LogP contribution in [0.2, 0.25) is 0 Å². The van der Waals surface area contributed by atoms with E-state index in [0.717, 1.165) is 17.9 Å². The number of hydrogen-bond donors (Lipinski definition) is 4. The van der Waals surface area contributed by atoms with E-state index in [1.165, 1.54) is 0 Å². The van der Waals surface area contributed by atoms with E-state index < -0.39 is 6.04 Å². The first-order valence-electron chi connectivity index (χ1n) is 7.48. The second-order valence-corrected chi connectivity index (χ2v) is 5.57. The smallest absolute Gasteiger partial charge is 0.238 e. The van der Waals surface area contributed by atoms with Crippen LogP contribution in [0.25, 0.3) is 0 Å². The molecular weight excluding hydrogens is 284 g/mol. The summed E-state index contributed by atoms with van der Waals surface area (Å²) in [5.41, 5.74) is 6.79. The second kappa shape index (κ2) is 5.98. The third-order valence-electron chi connectivity index (χ3n) is 4.30. The second-order valence-electron chi connectivity index (χ2n) is 5.57. The topological polar surface area (TPSA) is 108 Å². The van der Waals surface area contributed by atoms with Crippen molar-refractivity contribution in [3.05, 3.63) is 23.8 Å². The Morgan fingerprint density at radius 1 is 1.45 bits per heavy atom. The third kappa shape index (κ3) is 2.55. The molecule has 118 valence electrons. The molecular formula is C14H20N6O2. The highest BCUT2D eigenvalue weighted by Gasteiger charge is 2.49. The van der Waals surface area contributed by atoms with E-state index in [4.69, 9.17) is 0 Å². The lowest BCUT2D eigenvalue weighted by Crippen LogP contribution is -2.53. The van der Waals surface area contributed by atoms with Gasteiger partial charge < -0.3 is 10.6 Å². The number of hydrogen-bond acceptors (Lipinski definition) is 6. The lowest BCUT2D eigenvalue weighted by atomic mass is 9.77. The van der Waals surface area contributed by atoms with Gasteiger partial charge in [-0.2, -0.15) is 0 Å². The van der Waals surface area contributed by atoms with Gasteiger partial charge in [0.25, 0.3) is 0 Å². The molecule has 2 fully saturated rings. The number of nitrogens with zero attached hydrogens (tertiary/aromatic N) is 2. The van der Waals surface area contributed by atoms with Crippen molar-refractivity contribution < 1.29 is 9.59 Å². The fraction of sp³-hybridized carbons (Fsp3) is 0.571. The molecule has 22 heavy (non-hydrogen) atoms. The lowest BCUT2D eigenvalue weighted by Gasteiger charge is -2.34. The first-order valence-corrected chi connectivity index (χ1v) is 7.48. The van der Waals surface area contributed by atoms with Gasteiger partial charge in [-0.3, -0.25) is 9.59 Å². The largest absolute Gasteiger partial charge is 0.358 e. The summed E-state index contributed by atoms with van der Waals surface area (Å²) in [6, 6.07) is 1.42. The summed E-state index contributed by atoms with van der Waals surface area (Å²) in [7, 11) is 1.60. The Hall–Kier alpha value is -2.06. The summed E-state index contributed by atoms with van der Waals surface area (Å²) in [5.74, 6) is 0.366. The van der Waals surface area contributed by atoms with Gasteiger partial charge in [-0.1, -0.05) is 6.92 Å². The van der Waals surface area contributed by atoms with Gasteiger partial charge in [0.15, 0.2) is 0 Å². The molecule has 0 radical (unpaired) electrons. The monoisotopic (exact) mass is 304 g/mol. The van der Waals surface area contributed by atoms with Gasteiger partial charge in [-0.05, 0) is 6.07 Å². The minimum Gasteiger partial charge on any atom is -0.358 e. The summed E-state index contributed by atoms with van der Waals surface area (Å²) in [5, 5.41) is 5.54. The average molecular weight is 304 g/mol. The molecule has 1 aromatic heterocycles. The summed E-state index contributed by atoms with van der Waals surface area (Å²) < 4.78 is 0. The van der Waals surface area contributed by atoms with E-state index in [9.17, 15) is 9.59 Å². The molecule has 3 heterocycles. The average Bonchev–Trinajstić information content (AvgIpc) is 2.97. The molecule has 8 heteroatoms. The molecule has 2 aliphatic rings. The van der Waals surface area contributed by atoms with Crippen molar-refractivity contribution in [1.82, 2.24) is 31.5 Å². The number of carbonyl (C=O) groups excluding carboxylic acids is 2. The van der Waals surface area contributed by atoms with Crippen LogP contribution in [0.15, 0.2) is 12.3 Å². The summed E-state index contributed by atoms with van der Waals surface area (Å²) in [6.45, 7) is 1.99. The standard InChI is InChI=1S/C14H20N6O2/c1-3-9-16-5-4-8(17-9)7-6-10(21)18-13-11(7)12(19-20-13)14(22)15-2/h4-5,7,11-13,19-20H,3,6H2,1-2H3,(H,15,22)(H,18,21). The van der Waals surface area contributed by atoms with Crippen LogP contribution in [-0.2, 0) is 16.0 Å². The van der Waals surface area contributed by atoms with E-state index in [1.54, 1.807) is 13.2 Å². The predicted octanol–water partition coefficient (Wildman–Crippen LogP) is -1.19. The Labute approximate surface area is 128 Å². The van der Waals surface area contributed by atoms with Gasteiger partial charge in [0.2, 0.25) is 11.8 Å². The number of fused-ring (bicyclic) bond motifs is 1. The number of aryl methyl sites for hydroxylation is 1. The van der Waals surface area contributed by atoms with Gasteiger partial charge in [0.1, 0.15) is 11.9 Å². The van der Waals surface area contributed by atoms with Crippen LogP contribution in [0.3, 0.4) is 0 Å². The fourth-order valence-corrected chi connectivity index (χ4v) is 3.22. The van der Waals surface area contributed by atoms with Crippen molar-refractivity contribution in [2.45, 2.75) is 37.9 Å². The molecule has 2 amide bonds. The molecule has 1 aromatic rings. The highest BCUT2D eigenvalue weighted by Crippen LogP contribution is 2.36. The third-order valence-corrected chi connectivity index (χ3v) is 4.30. The van der Waals surface area contributed by atoms with E-state index >= 15 is 0 Å².